The van der Waals surface area contributed by atoms with Crippen LogP contribution in [0.5, 0.6) is 5.75 Å². The van der Waals surface area contributed by atoms with E-state index < -0.39 is 35.1 Å². The van der Waals surface area contributed by atoms with Gasteiger partial charge in [-0.15, -0.1) is 0 Å². The average Bonchev–Trinajstić information content (AvgIpc) is 2.74. The van der Waals surface area contributed by atoms with Crippen molar-refractivity contribution in [2.24, 2.45) is 0 Å². The molecule has 0 aliphatic heterocycles. The van der Waals surface area contributed by atoms with Gasteiger partial charge in [0.05, 0.1) is 5.60 Å². The molecule has 0 spiro atoms. The Morgan fingerprint density at radius 1 is 0.971 bits per heavy atom. The number of hydrogen-bond donors (Lipinski definition) is 1. The lowest BCUT2D eigenvalue weighted by Crippen LogP contribution is -2.70. The van der Waals surface area contributed by atoms with E-state index in [1.54, 1.807) is 38.1 Å². The monoisotopic (exact) mass is 506 g/mol. The lowest BCUT2D eigenvalue weighted by molar-refractivity contribution is -0.422. The summed E-state index contributed by atoms with van der Waals surface area (Å²) in [5.41, 5.74) is -9.36. The number of carbonyl (C=O) groups is 1. The van der Waals surface area contributed by atoms with Gasteiger partial charge in [-0.05, 0) is 62.1 Å². The van der Waals surface area contributed by atoms with Gasteiger partial charge in [0.15, 0.2) is 0 Å². The summed E-state index contributed by atoms with van der Waals surface area (Å²) in [6.07, 6.45) is -12.1. The SMILES string of the molecule is C=C(C)C(=O)Oc1ccc2c(C(CC)(CC)OC(C)(C)C(O)(C(F)(F)F)C(F)(F)F)cccc2c1. The minimum atomic E-state index is -6.05. The summed E-state index contributed by atoms with van der Waals surface area (Å²) in [7, 11) is 0. The molecule has 0 unspecified atom stereocenters. The van der Waals surface area contributed by atoms with Crippen LogP contribution in [0.2, 0.25) is 0 Å². The van der Waals surface area contributed by atoms with E-state index in [0.29, 0.717) is 30.2 Å². The minimum absolute atomic E-state index is 0.00420. The molecule has 0 aliphatic rings. The summed E-state index contributed by atoms with van der Waals surface area (Å²) < 4.78 is 92.7. The normalized spacial score (nSPS) is 13.7. The van der Waals surface area contributed by atoms with Crippen LogP contribution in [0.4, 0.5) is 26.3 Å². The number of esters is 1. The maximum Gasteiger partial charge on any atom is 0.429 e. The highest BCUT2D eigenvalue weighted by molar-refractivity contribution is 5.91. The first-order chi connectivity index (χ1) is 15.9. The summed E-state index contributed by atoms with van der Waals surface area (Å²) in [6, 6.07) is 9.28. The molecule has 2 aromatic rings. The topological polar surface area (TPSA) is 55.8 Å². The number of aliphatic hydroxyl groups is 1. The molecule has 1 N–H and O–H groups in total. The Kier molecular flexibility index (Phi) is 7.74. The third-order valence-electron chi connectivity index (χ3n) is 6.19. The number of halogens is 6. The molecule has 0 radical (unpaired) electrons. The number of rotatable bonds is 8. The van der Waals surface area contributed by atoms with E-state index >= 15 is 0 Å². The van der Waals surface area contributed by atoms with Crippen molar-refractivity contribution in [2.75, 3.05) is 0 Å². The molecule has 0 heterocycles. The van der Waals surface area contributed by atoms with Gasteiger partial charge in [-0.1, -0.05) is 44.7 Å². The van der Waals surface area contributed by atoms with Gasteiger partial charge in [-0.25, -0.2) is 4.79 Å². The van der Waals surface area contributed by atoms with Gasteiger partial charge in [0, 0.05) is 5.57 Å². The molecule has 0 saturated carbocycles. The maximum absolute atomic E-state index is 13.6. The first-order valence-corrected chi connectivity index (χ1v) is 10.8. The third kappa shape index (κ3) is 5.04. The highest BCUT2D eigenvalue weighted by Gasteiger charge is 2.78. The molecular weight excluding hydrogens is 478 g/mol. The van der Waals surface area contributed by atoms with E-state index in [4.69, 9.17) is 9.47 Å². The fourth-order valence-electron chi connectivity index (χ4n) is 4.15. The molecule has 0 fully saturated rings. The first kappa shape index (κ1) is 28.6. The molecule has 0 saturated heterocycles. The number of fused-ring (bicyclic) bond motifs is 1. The fourth-order valence-corrected chi connectivity index (χ4v) is 4.15. The number of benzene rings is 2. The summed E-state index contributed by atoms with van der Waals surface area (Å²) >= 11 is 0. The van der Waals surface area contributed by atoms with Gasteiger partial charge in [0.1, 0.15) is 11.4 Å². The number of ether oxygens (including phenoxy) is 2. The van der Waals surface area contributed by atoms with Gasteiger partial charge in [0.25, 0.3) is 5.60 Å². The molecular formula is C25H28F6O4. The second-order valence-corrected chi connectivity index (χ2v) is 8.88. The highest BCUT2D eigenvalue weighted by atomic mass is 19.4. The molecule has 10 heteroatoms. The summed E-state index contributed by atoms with van der Waals surface area (Å²) in [5, 5.41) is 11.1. The van der Waals surface area contributed by atoms with Crippen LogP contribution in [0.15, 0.2) is 48.6 Å². The largest absolute Gasteiger partial charge is 0.429 e. The summed E-state index contributed by atoms with van der Waals surface area (Å²) in [6.45, 7) is 9.27. The van der Waals surface area contributed by atoms with Gasteiger partial charge in [0.2, 0.25) is 0 Å². The van der Waals surface area contributed by atoms with Crippen molar-refractivity contribution in [1.29, 1.82) is 0 Å². The molecule has 0 amide bonds. The van der Waals surface area contributed by atoms with E-state index in [-0.39, 0.29) is 24.2 Å². The fraction of sp³-hybridized carbons (Fsp3) is 0.480. The van der Waals surface area contributed by atoms with Crippen LogP contribution in [-0.4, -0.2) is 34.6 Å². The van der Waals surface area contributed by atoms with Crippen LogP contribution in [0.1, 0.15) is 53.0 Å². The molecule has 2 rings (SSSR count). The Labute approximate surface area is 199 Å². The third-order valence-corrected chi connectivity index (χ3v) is 6.19. The van der Waals surface area contributed by atoms with Crippen LogP contribution in [0, 0.1) is 0 Å². The molecule has 0 aliphatic carbocycles. The lowest BCUT2D eigenvalue weighted by Gasteiger charge is -2.49. The second-order valence-electron chi connectivity index (χ2n) is 8.88. The Bertz CT molecular complexity index is 1080. The number of carbonyl (C=O) groups excluding carboxylic acids is 1. The van der Waals surface area contributed by atoms with Crippen molar-refractivity contribution >= 4 is 16.7 Å². The van der Waals surface area contributed by atoms with Crippen molar-refractivity contribution in [3.63, 3.8) is 0 Å². The van der Waals surface area contributed by atoms with Gasteiger partial charge >= 0.3 is 18.3 Å². The predicted octanol–water partition coefficient (Wildman–Crippen LogP) is 6.99. The Balaban J connectivity index is 2.67. The highest BCUT2D eigenvalue weighted by Crippen LogP contribution is 2.53. The molecule has 2 aromatic carbocycles. The zero-order valence-corrected chi connectivity index (χ0v) is 20.0. The lowest BCUT2D eigenvalue weighted by atomic mass is 9.80. The van der Waals surface area contributed by atoms with Gasteiger partial charge < -0.3 is 14.6 Å². The molecule has 194 valence electrons. The van der Waals surface area contributed by atoms with Crippen molar-refractivity contribution in [3.05, 3.63) is 54.1 Å². The Morgan fingerprint density at radius 2 is 1.51 bits per heavy atom. The van der Waals surface area contributed by atoms with E-state index in [1.807, 2.05) is 0 Å². The first-order valence-electron chi connectivity index (χ1n) is 10.8. The van der Waals surface area contributed by atoms with Crippen molar-refractivity contribution in [2.45, 2.75) is 76.6 Å². The standard InChI is InChI=1S/C25H28F6O4/c1-7-22(8-2,35-21(5,6)23(33,24(26,27)28)25(29,30)31)19-11-9-10-16-14-17(12-13-18(16)19)34-20(32)15(3)4/h9-14,33H,3,7-8H2,1-2,4-6H3. The van der Waals surface area contributed by atoms with Crippen LogP contribution in [-0.2, 0) is 15.1 Å². The van der Waals surface area contributed by atoms with Gasteiger partial charge in [-0.3, -0.25) is 0 Å². The van der Waals surface area contributed by atoms with E-state index in [0.717, 1.165) is 0 Å². The van der Waals surface area contributed by atoms with Crippen LogP contribution < -0.4 is 4.74 Å². The molecule has 4 nitrogen and oxygen atoms in total. The number of hydrogen-bond acceptors (Lipinski definition) is 4. The zero-order chi connectivity index (χ0) is 27.0. The number of alkyl halides is 6. The van der Waals surface area contributed by atoms with E-state index in [9.17, 15) is 36.2 Å². The van der Waals surface area contributed by atoms with E-state index in [2.05, 4.69) is 6.58 Å². The molecule has 0 atom stereocenters. The van der Waals surface area contributed by atoms with Crippen LogP contribution >= 0.6 is 0 Å². The minimum Gasteiger partial charge on any atom is -0.423 e. The average molecular weight is 506 g/mol. The van der Waals surface area contributed by atoms with E-state index in [1.165, 1.54) is 19.1 Å². The molecule has 35 heavy (non-hydrogen) atoms. The van der Waals surface area contributed by atoms with Crippen molar-refractivity contribution in [3.8, 4) is 5.75 Å². The maximum atomic E-state index is 13.6. The van der Waals surface area contributed by atoms with Crippen molar-refractivity contribution in [1.82, 2.24) is 0 Å². The zero-order valence-electron chi connectivity index (χ0n) is 20.0. The summed E-state index contributed by atoms with van der Waals surface area (Å²) in [5.74, 6) is -0.466. The summed E-state index contributed by atoms with van der Waals surface area (Å²) in [4.78, 5) is 11.8. The van der Waals surface area contributed by atoms with Gasteiger partial charge in [-0.2, -0.15) is 26.3 Å². The van der Waals surface area contributed by atoms with Crippen LogP contribution in [0.25, 0.3) is 10.8 Å². The quantitative estimate of drug-likeness (QED) is 0.182. The van der Waals surface area contributed by atoms with Crippen molar-refractivity contribution < 1.29 is 45.7 Å². The molecule has 0 aromatic heterocycles. The second kappa shape index (κ2) is 9.46. The van der Waals surface area contributed by atoms with Crippen LogP contribution in [0.3, 0.4) is 0 Å². The predicted molar refractivity (Wildman–Crippen MR) is 119 cm³/mol. The smallest absolute Gasteiger partial charge is 0.423 e. The Morgan fingerprint density at radius 3 is 1.97 bits per heavy atom. The molecule has 0 bridgehead atoms. The Hall–Kier alpha value is -2.59.